The van der Waals surface area contributed by atoms with Crippen LogP contribution in [-0.4, -0.2) is 42.5 Å². The van der Waals surface area contributed by atoms with Crippen molar-refractivity contribution in [2.45, 2.75) is 13.0 Å². The fraction of sp³-hybridized carbons (Fsp3) is 0.333. The van der Waals surface area contributed by atoms with Crippen molar-refractivity contribution in [1.29, 1.82) is 0 Å². The van der Waals surface area contributed by atoms with Gasteiger partial charge in [-0.15, -0.1) is 0 Å². The Kier molecular flexibility index (Phi) is 3.50. The predicted octanol–water partition coefficient (Wildman–Crippen LogP) is 0.503. The summed E-state index contributed by atoms with van der Waals surface area (Å²) in [5, 5.41) is 16.1. The van der Waals surface area contributed by atoms with Gasteiger partial charge in [-0.3, -0.25) is 0 Å². The molecule has 0 saturated heterocycles. The lowest BCUT2D eigenvalue weighted by Gasteiger charge is -2.07. The van der Waals surface area contributed by atoms with Crippen molar-refractivity contribution in [3.8, 4) is 5.95 Å². The van der Waals surface area contributed by atoms with E-state index in [1.807, 2.05) is 0 Å². The number of hydrogen-bond donors (Lipinski definition) is 2. The van der Waals surface area contributed by atoms with Gasteiger partial charge in [-0.1, -0.05) is 0 Å². The molecule has 2 aromatic heterocycles. The molecule has 90 valence electrons. The van der Waals surface area contributed by atoms with Crippen molar-refractivity contribution in [1.82, 2.24) is 24.7 Å². The molecular formula is C9H11ClN6O. The van der Waals surface area contributed by atoms with Gasteiger partial charge in [-0.05, 0) is 24.6 Å². The fourth-order valence-electron chi connectivity index (χ4n) is 1.15. The highest BCUT2D eigenvalue weighted by atomic mass is 35.5. The Balaban J connectivity index is 2.24. The van der Waals surface area contributed by atoms with Gasteiger partial charge in [0.05, 0.1) is 6.10 Å². The number of aromatic nitrogens is 5. The minimum Gasteiger partial charge on any atom is -0.392 e. The van der Waals surface area contributed by atoms with Gasteiger partial charge in [0, 0.05) is 18.9 Å². The highest BCUT2D eigenvalue weighted by molar-refractivity contribution is 6.28. The number of aliphatic hydroxyl groups excluding tert-OH is 1. The number of nitrogens with zero attached hydrogens (tertiary/aromatic N) is 5. The summed E-state index contributed by atoms with van der Waals surface area (Å²) in [4.78, 5) is 12.0. The molecule has 0 fully saturated rings. The maximum Gasteiger partial charge on any atom is 0.256 e. The second-order valence-corrected chi connectivity index (χ2v) is 3.75. The van der Waals surface area contributed by atoms with Crippen molar-refractivity contribution < 1.29 is 5.11 Å². The van der Waals surface area contributed by atoms with E-state index in [0.717, 1.165) is 0 Å². The molecule has 1 unspecified atom stereocenters. The lowest BCUT2D eigenvalue weighted by atomic mass is 10.4. The van der Waals surface area contributed by atoms with Gasteiger partial charge in [0.15, 0.2) is 0 Å². The highest BCUT2D eigenvalue weighted by Crippen LogP contribution is 2.08. The molecule has 0 amide bonds. The SMILES string of the molecule is CC(O)CNc1nc(Cl)nc(-n2cccn2)n1. The topological polar surface area (TPSA) is 88.8 Å². The molecular weight excluding hydrogens is 244 g/mol. The Bertz CT molecular complexity index is 486. The zero-order valence-electron chi connectivity index (χ0n) is 9.08. The summed E-state index contributed by atoms with van der Waals surface area (Å²) in [6.45, 7) is 1.99. The first-order chi connectivity index (χ1) is 8.15. The summed E-state index contributed by atoms with van der Waals surface area (Å²) < 4.78 is 1.47. The first-order valence-corrected chi connectivity index (χ1v) is 5.36. The molecule has 0 radical (unpaired) electrons. The molecule has 17 heavy (non-hydrogen) atoms. The van der Waals surface area contributed by atoms with Gasteiger partial charge in [-0.2, -0.15) is 20.1 Å². The third kappa shape index (κ3) is 3.11. The maximum absolute atomic E-state index is 9.15. The molecule has 2 aromatic rings. The van der Waals surface area contributed by atoms with Crippen molar-refractivity contribution in [3.05, 3.63) is 23.7 Å². The summed E-state index contributed by atoms with van der Waals surface area (Å²) in [6, 6.07) is 1.75. The predicted molar refractivity (Wildman–Crippen MR) is 62.1 cm³/mol. The van der Waals surface area contributed by atoms with E-state index in [2.05, 4.69) is 25.4 Å². The van der Waals surface area contributed by atoms with Gasteiger partial charge in [-0.25, -0.2) is 4.68 Å². The molecule has 2 rings (SSSR count). The first-order valence-electron chi connectivity index (χ1n) is 4.98. The molecule has 0 bridgehead atoms. The molecule has 0 spiro atoms. The number of hydrogen-bond acceptors (Lipinski definition) is 6. The van der Waals surface area contributed by atoms with E-state index < -0.39 is 6.10 Å². The fourth-order valence-corrected chi connectivity index (χ4v) is 1.30. The van der Waals surface area contributed by atoms with Gasteiger partial charge < -0.3 is 10.4 Å². The second-order valence-electron chi connectivity index (χ2n) is 3.41. The van der Waals surface area contributed by atoms with E-state index in [4.69, 9.17) is 16.7 Å². The van der Waals surface area contributed by atoms with E-state index in [1.54, 1.807) is 25.4 Å². The molecule has 0 aromatic carbocycles. The van der Waals surface area contributed by atoms with Crippen LogP contribution in [0.4, 0.5) is 5.95 Å². The van der Waals surface area contributed by atoms with E-state index >= 15 is 0 Å². The molecule has 2 heterocycles. The molecule has 1 atom stereocenters. The minimum atomic E-state index is -0.501. The van der Waals surface area contributed by atoms with Gasteiger partial charge in [0.2, 0.25) is 11.2 Å². The summed E-state index contributed by atoms with van der Waals surface area (Å²) in [5.41, 5.74) is 0. The van der Waals surface area contributed by atoms with E-state index in [1.165, 1.54) is 4.68 Å². The molecule has 0 aliphatic heterocycles. The summed E-state index contributed by atoms with van der Waals surface area (Å²) >= 11 is 5.78. The van der Waals surface area contributed by atoms with Gasteiger partial charge in [0.25, 0.3) is 5.95 Å². The summed E-state index contributed by atoms with van der Waals surface area (Å²) in [7, 11) is 0. The van der Waals surface area contributed by atoms with Crippen LogP contribution in [0.5, 0.6) is 0 Å². The molecule has 7 nitrogen and oxygen atoms in total. The quantitative estimate of drug-likeness (QED) is 0.826. The Morgan fingerprint density at radius 3 is 2.94 bits per heavy atom. The lowest BCUT2D eigenvalue weighted by Crippen LogP contribution is -2.18. The van der Waals surface area contributed by atoms with E-state index in [-0.39, 0.29) is 5.28 Å². The molecule has 0 aliphatic rings. The monoisotopic (exact) mass is 254 g/mol. The van der Waals surface area contributed by atoms with Crippen molar-refractivity contribution >= 4 is 17.5 Å². The Labute approximate surface area is 102 Å². The van der Waals surface area contributed by atoms with E-state index in [9.17, 15) is 0 Å². The molecule has 2 N–H and O–H groups in total. The van der Waals surface area contributed by atoms with Crippen LogP contribution in [0, 0.1) is 0 Å². The Morgan fingerprint density at radius 2 is 2.29 bits per heavy atom. The zero-order valence-corrected chi connectivity index (χ0v) is 9.83. The van der Waals surface area contributed by atoms with Crippen LogP contribution in [0.15, 0.2) is 18.5 Å². The first kappa shape index (κ1) is 11.7. The maximum atomic E-state index is 9.15. The zero-order chi connectivity index (χ0) is 12.3. The number of rotatable bonds is 4. The standard InChI is InChI=1S/C9H11ClN6O/c1-6(17)5-11-8-13-7(10)14-9(15-8)16-4-2-3-12-16/h2-4,6,17H,5H2,1H3,(H,11,13,14,15). The molecule has 0 aliphatic carbocycles. The second kappa shape index (κ2) is 5.07. The van der Waals surface area contributed by atoms with Crippen LogP contribution >= 0.6 is 11.6 Å². The van der Waals surface area contributed by atoms with Gasteiger partial charge in [0.1, 0.15) is 0 Å². The molecule has 0 saturated carbocycles. The summed E-state index contributed by atoms with van der Waals surface area (Å²) in [5.74, 6) is 0.625. The Morgan fingerprint density at radius 1 is 1.47 bits per heavy atom. The third-order valence-electron chi connectivity index (χ3n) is 1.86. The average molecular weight is 255 g/mol. The summed E-state index contributed by atoms with van der Waals surface area (Å²) in [6.07, 6.45) is 2.81. The van der Waals surface area contributed by atoms with Crippen molar-refractivity contribution in [3.63, 3.8) is 0 Å². The van der Waals surface area contributed by atoms with Crippen LogP contribution < -0.4 is 5.32 Å². The largest absolute Gasteiger partial charge is 0.392 e. The minimum absolute atomic E-state index is 0.0681. The van der Waals surface area contributed by atoms with Crippen molar-refractivity contribution in [2.24, 2.45) is 0 Å². The van der Waals surface area contributed by atoms with Crippen LogP contribution in [0.3, 0.4) is 0 Å². The highest BCUT2D eigenvalue weighted by Gasteiger charge is 2.07. The smallest absolute Gasteiger partial charge is 0.256 e. The average Bonchev–Trinajstić information content (AvgIpc) is 2.79. The number of aliphatic hydroxyl groups is 1. The number of halogens is 1. The van der Waals surface area contributed by atoms with Crippen LogP contribution in [0.25, 0.3) is 5.95 Å². The van der Waals surface area contributed by atoms with Crippen LogP contribution in [-0.2, 0) is 0 Å². The third-order valence-corrected chi connectivity index (χ3v) is 2.03. The molecule has 8 heteroatoms. The van der Waals surface area contributed by atoms with Gasteiger partial charge >= 0.3 is 0 Å². The van der Waals surface area contributed by atoms with Crippen molar-refractivity contribution in [2.75, 3.05) is 11.9 Å². The van der Waals surface area contributed by atoms with E-state index in [0.29, 0.717) is 18.4 Å². The lowest BCUT2D eigenvalue weighted by molar-refractivity contribution is 0.208. The normalized spacial score (nSPS) is 12.4. The number of anilines is 1. The van der Waals surface area contributed by atoms with Crippen LogP contribution in [0.1, 0.15) is 6.92 Å². The Hall–Kier alpha value is -1.73. The number of nitrogens with one attached hydrogen (secondary N) is 1. The van der Waals surface area contributed by atoms with Crippen LogP contribution in [0.2, 0.25) is 5.28 Å².